The van der Waals surface area contributed by atoms with Gasteiger partial charge in [-0.15, -0.1) is 0 Å². The molecule has 1 aliphatic heterocycles. The first-order valence-electron chi connectivity index (χ1n) is 9.90. The second-order valence-electron chi connectivity index (χ2n) is 7.53. The number of sulfonamides is 1. The number of rotatable bonds is 7. The summed E-state index contributed by atoms with van der Waals surface area (Å²) in [6.07, 6.45) is 0.679. The van der Waals surface area contributed by atoms with Crippen LogP contribution in [0.4, 0.5) is 5.69 Å². The largest absolute Gasteiger partial charge is 0.484 e. The number of ether oxygens (including phenoxy) is 1. The van der Waals surface area contributed by atoms with Gasteiger partial charge in [-0.1, -0.05) is 32.0 Å². The maximum absolute atomic E-state index is 12.3. The lowest BCUT2D eigenvalue weighted by atomic mass is 10.0. The quantitative estimate of drug-likeness (QED) is 0.749. The molecule has 2 aromatic rings. The van der Waals surface area contributed by atoms with Crippen molar-refractivity contribution in [3.8, 4) is 5.75 Å². The number of carbonyl (C=O) groups is 1. The van der Waals surface area contributed by atoms with Gasteiger partial charge in [-0.2, -0.15) is 4.31 Å². The molecule has 1 N–H and O–H groups in total. The molecular weight excluding hydrogens is 388 g/mol. The summed E-state index contributed by atoms with van der Waals surface area (Å²) in [4.78, 5) is 12.3. The van der Waals surface area contributed by atoms with Gasteiger partial charge in [0.25, 0.3) is 5.91 Å². The molecule has 0 aromatic heterocycles. The minimum Gasteiger partial charge on any atom is -0.484 e. The number of hydrogen-bond acceptors (Lipinski definition) is 4. The van der Waals surface area contributed by atoms with E-state index in [9.17, 15) is 13.2 Å². The number of hydrogen-bond donors (Lipinski definition) is 1. The summed E-state index contributed by atoms with van der Waals surface area (Å²) in [5.74, 6) is 0.926. The highest BCUT2D eigenvalue weighted by molar-refractivity contribution is 7.89. The Balaban J connectivity index is 1.59. The molecule has 29 heavy (non-hydrogen) atoms. The Labute approximate surface area is 172 Å². The Kier molecular flexibility index (Phi) is 6.59. The van der Waals surface area contributed by atoms with E-state index in [2.05, 4.69) is 19.2 Å². The predicted octanol–water partition coefficient (Wildman–Crippen LogP) is 3.54. The van der Waals surface area contributed by atoms with Crippen LogP contribution in [-0.2, 0) is 27.8 Å². The normalized spacial score (nSPS) is 14.5. The first-order valence-corrected chi connectivity index (χ1v) is 11.5. The molecular formula is C22H28N2O4S. The Hall–Kier alpha value is -2.38. The number of anilines is 1. The lowest BCUT2D eigenvalue weighted by Crippen LogP contribution is -2.36. The van der Waals surface area contributed by atoms with Gasteiger partial charge in [0.05, 0.1) is 5.75 Å². The number of carbonyl (C=O) groups excluding carboxylic acids is 1. The molecule has 6 nitrogen and oxygen atoms in total. The summed E-state index contributed by atoms with van der Waals surface area (Å²) in [5.41, 5.74) is 3.90. The van der Waals surface area contributed by atoms with E-state index in [1.165, 1.54) is 9.87 Å². The fraction of sp³-hybridized carbons (Fsp3) is 0.409. The summed E-state index contributed by atoms with van der Waals surface area (Å²) in [5, 5.41) is 2.83. The van der Waals surface area contributed by atoms with Gasteiger partial charge in [0.1, 0.15) is 5.75 Å². The van der Waals surface area contributed by atoms with Crippen LogP contribution in [0.15, 0.2) is 42.5 Å². The maximum atomic E-state index is 12.3. The summed E-state index contributed by atoms with van der Waals surface area (Å²) in [6.45, 7) is 6.65. The third-order valence-corrected chi connectivity index (χ3v) is 6.97. The van der Waals surface area contributed by atoms with Crippen LogP contribution in [-0.4, -0.2) is 37.5 Å². The second kappa shape index (κ2) is 8.97. The molecule has 3 rings (SSSR count). The van der Waals surface area contributed by atoms with E-state index in [1.807, 2.05) is 42.5 Å². The molecule has 0 spiro atoms. The zero-order valence-electron chi connectivity index (χ0n) is 17.1. The van der Waals surface area contributed by atoms with Crippen LogP contribution >= 0.6 is 0 Å². The minimum atomic E-state index is -3.22. The molecule has 0 saturated carbocycles. The zero-order chi connectivity index (χ0) is 21.0. The SMILES string of the molecule is CCS(=O)(=O)N1CCc2ccc(NC(=O)COc3ccc(C(C)C)cc3)cc2C1. The van der Waals surface area contributed by atoms with Crippen LogP contribution in [0.5, 0.6) is 5.75 Å². The Morgan fingerprint density at radius 3 is 2.52 bits per heavy atom. The second-order valence-corrected chi connectivity index (χ2v) is 9.79. The molecule has 0 unspecified atom stereocenters. The summed E-state index contributed by atoms with van der Waals surface area (Å²) in [6, 6.07) is 13.4. The van der Waals surface area contributed by atoms with Gasteiger partial charge in [0.15, 0.2) is 6.61 Å². The van der Waals surface area contributed by atoms with Gasteiger partial charge < -0.3 is 10.1 Å². The highest BCUT2D eigenvalue weighted by Gasteiger charge is 2.25. The number of nitrogens with zero attached hydrogens (tertiary/aromatic N) is 1. The first kappa shape index (κ1) is 21.3. The van der Waals surface area contributed by atoms with Crippen LogP contribution in [0, 0.1) is 0 Å². The van der Waals surface area contributed by atoms with Gasteiger partial charge in [-0.05, 0) is 60.2 Å². The first-order chi connectivity index (χ1) is 13.8. The third kappa shape index (κ3) is 5.36. The van der Waals surface area contributed by atoms with Crippen molar-refractivity contribution in [1.29, 1.82) is 0 Å². The third-order valence-electron chi connectivity index (χ3n) is 5.14. The van der Waals surface area contributed by atoms with Crippen molar-refractivity contribution in [3.63, 3.8) is 0 Å². The van der Waals surface area contributed by atoms with Crippen molar-refractivity contribution in [2.75, 3.05) is 24.2 Å². The average Bonchev–Trinajstić information content (AvgIpc) is 2.72. The molecule has 0 saturated heterocycles. The minimum absolute atomic E-state index is 0.0888. The Bertz CT molecular complexity index is 969. The molecule has 0 aliphatic carbocycles. The van der Waals surface area contributed by atoms with Crippen molar-refractivity contribution >= 4 is 21.6 Å². The molecule has 0 fully saturated rings. The number of fused-ring (bicyclic) bond motifs is 1. The van der Waals surface area contributed by atoms with Gasteiger partial charge >= 0.3 is 0 Å². The molecule has 1 amide bonds. The summed E-state index contributed by atoms with van der Waals surface area (Å²) in [7, 11) is -3.22. The molecule has 0 radical (unpaired) electrons. The van der Waals surface area contributed by atoms with Gasteiger partial charge in [-0.25, -0.2) is 8.42 Å². The smallest absolute Gasteiger partial charge is 0.262 e. The van der Waals surface area contributed by atoms with Gasteiger partial charge in [0, 0.05) is 18.8 Å². The predicted molar refractivity (Wildman–Crippen MR) is 115 cm³/mol. The molecule has 1 aliphatic rings. The van der Waals surface area contributed by atoms with E-state index < -0.39 is 10.0 Å². The van der Waals surface area contributed by atoms with Crippen molar-refractivity contribution in [3.05, 3.63) is 59.2 Å². The topological polar surface area (TPSA) is 75.7 Å². The van der Waals surface area contributed by atoms with Crippen LogP contribution < -0.4 is 10.1 Å². The van der Waals surface area contributed by atoms with Gasteiger partial charge in [0.2, 0.25) is 10.0 Å². The maximum Gasteiger partial charge on any atom is 0.262 e. The van der Waals surface area contributed by atoms with E-state index in [-0.39, 0.29) is 18.3 Å². The van der Waals surface area contributed by atoms with Crippen LogP contribution in [0.3, 0.4) is 0 Å². The van der Waals surface area contributed by atoms with Crippen LogP contribution in [0.2, 0.25) is 0 Å². The number of nitrogens with one attached hydrogen (secondary N) is 1. The lowest BCUT2D eigenvalue weighted by molar-refractivity contribution is -0.118. The van der Waals surface area contributed by atoms with Crippen molar-refractivity contribution < 1.29 is 17.9 Å². The van der Waals surface area contributed by atoms with E-state index in [0.29, 0.717) is 36.9 Å². The average molecular weight is 417 g/mol. The Morgan fingerprint density at radius 1 is 1.14 bits per heavy atom. The van der Waals surface area contributed by atoms with Crippen LogP contribution in [0.1, 0.15) is 43.4 Å². The number of benzene rings is 2. The van der Waals surface area contributed by atoms with Crippen molar-refractivity contribution in [1.82, 2.24) is 4.31 Å². The van der Waals surface area contributed by atoms with E-state index in [0.717, 1.165) is 11.1 Å². The lowest BCUT2D eigenvalue weighted by Gasteiger charge is -2.28. The Morgan fingerprint density at radius 2 is 1.86 bits per heavy atom. The molecule has 1 heterocycles. The molecule has 0 atom stereocenters. The van der Waals surface area contributed by atoms with Gasteiger partial charge in [-0.3, -0.25) is 4.79 Å². The fourth-order valence-corrected chi connectivity index (χ4v) is 4.39. The molecule has 2 aromatic carbocycles. The number of amides is 1. The highest BCUT2D eigenvalue weighted by Crippen LogP contribution is 2.24. The molecule has 7 heteroatoms. The van der Waals surface area contributed by atoms with Crippen LogP contribution in [0.25, 0.3) is 0 Å². The molecule has 0 bridgehead atoms. The summed E-state index contributed by atoms with van der Waals surface area (Å²) >= 11 is 0. The van der Waals surface area contributed by atoms with E-state index >= 15 is 0 Å². The van der Waals surface area contributed by atoms with Crippen molar-refractivity contribution in [2.24, 2.45) is 0 Å². The monoisotopic (exact) mass is 416 g/mol. The van der Waals surface area contributed by atoms with E-state index in [1.54, 1.807) is 6.92 Å². The fourth-order valence-electron chi connectivity index (χ4n) is 3.32. The zero-order valence-corrected chi connectivity index (χ0v) is 18.0. The summed E-state index contributed by atoms with van der Waals surface area (Å²) < 4.78 is 31.4. The highest BCUT2D eigenvalue weighted by atomic mass is 32.2. The molecule has 156 valence electrons. The standard InChI is InChI=1S/C22H28N2O4S/c1-4-29(26,27)24-12-11-18-5-8-20(13-19(18)14-24)23-22(25)15-28-21-9-6-17(7-10-21)16(2)3/h5-10,13,16H,4,11-12,14-15H2,1-3H3,(H,23,25). The van der Waals surface area contributed by atoms with E-state index in [4.69, 9.17) is 4.74 Å². The van der Waals surface area contributed by atoms with Crippen molar-refractivity contribution in [2.45, 2.75) is 39.7 Å².